The summed E-state index contributed by atoms with van der Waals surface area (Å²) in [6.07, 6.45) is 0. The van der Waals surface area contributed by atoms with Gasteiger partial charge in [0.2, 0.25) is 0 Å². The zero-order valence-electron chi connectivity index (χ0n) is 13.4. The summed E-state index contributed by atoms with van der Waals surface area (Å²) in [7, 11) is 1.59. The summed E-state index contributed by atoms with van der Waals surface area (Å²) in [5, 5.41) is 1.10. The molecule has 0 amide bonds. The van der Waals surface area contributed by atoms with E-state index in [1.54, 1.807) is 29.9 Å². The monoisotopic (exact) mass is 438 g/mol. The maximum absolute atomic E-state index is 12.7. The van der Waals surface area contributed by atoms with Gasteiger partial charge in [0, 0.05) is 7.11 Å². The lowest BCUT2D eigenvalue weighted by Gasteiger charge is -2.12. The van der Waals surface area contributed by atoms with Crippen LogP contribution in [0.4, 0.5) is 0 Å². The molecular weight excluding hydrogens is 424 g/mol. The number of aromatic nitrogens is 2. The minimum atomic E-state index is -0.114. The molecule has 0 fully saturated rings. The largest absolute Gasteiger partial charge is 0.383 e. The second kappa shape index (κ2) is 8.27. The third-order valence-electron chi connectivity index (χ3n) is 3.53. The highest BCUT2D eigenvalue weighted by Gasteiger charge is 2.15. The number of thiophene rings is 1. The van der Waals surface area contributed by atoms with E-state index in [1.165, 1.54) is 23.1 Å². The zero-order valence-corrected chi connectivity index (χ0v) is 16.6. The number of methoxy groups -OCH3 is 1. The maximum atomic E-state index is 12.7. The average molecular weight is 439 g/mol. The number of hydrogen-bond acceptors (Lipinski definition) is 6. The minimum absolute atomic E-state index is 0.0152. The van der Waals surface area contributed by atoms with Crippen molar-refractivity contribution in [3.05, 3.63) is 55.4 Å². The molecule has 0 aliphatic heterocycles. The summed E-state index contributed by atoms with van der Waals surface area (Å²) in [4.78, 5) is 30.3. The summed E-state index contributed by atoms with van der Waals surface area (Å²) in [6, 6.07) is 10.9. The Bertz CT molecular complexity index is 968. The first-order chi connectivity index (χ1) is 12.1. The van der Waals surface area contributed by atoms with Crippen molar-refractivity contribution in [3.63, 3.8) is 0 Å². The van der Waals surface area contributed by atoms with Crippen molar-refractivity contribution in [2.24, 2.45) is 0 Å². The lowest BCUT2D eigenvalue weighted by Crippen LogP contribution is -2.25. The van der Waals surface area contributed by atoms with Crippen molar-refractivity contribution in [1.29, 1.82) is 0 Å². The Morgan fingerprint density at radius 1 is 1.32 bits per heavy atom. The van der Waals surface area contributed by atoms with Gasteiger partial charge >= 0.3 is 0 Å². The predicted octanol–water partition coefficient (Wildman–Crippen LogP) is 3.84. The highest BCUT2D eigenvalue weighted by Crippen LogP contribution is 2.25. The molecule has 0 unspecified atom stereocenters. The SMILES string of the molecule is COCCn1c(SCC(=O)c2ccc(Br)s2)nc2ccccc2c1=O. The van der Waals surface area contributed by atoms with Gasteiger partial charge in [-0.2, -0.15) is 0 Å². The molecule has 0 radical (unpaired) electrons. The van der Waals surface area contributed by atoms with Gasteiger partial charge in [0.05, 0.1) is 38.5 Å². The number of carbonyl (C=O) groups excluding carboxylic acids is 1. The van der Waals surface area contributed by atoms with E-state index in [2.05, 4.69) is 20.9 Å². The molecule has 8 heteroatoms. The number of Topliss-reactive ketones (excluding diaryl/α,β-unsaturated/α-hetero) is 1. The van der Waals surface area contributed by atoms with E-state index in [-0.39, 0.29) is 17.1 Å². The van der Waals surface area contributed by atoms with Gasteiger partial charge in [-0.05, 0) is 40.2 Å². The normalized spacial score (nSPS) is 11.1. The van der Waals surface area contributed by atoms with Crippen LogP contribution in [0, 0.1) is 0 Å². The van der Waals surface area contributed by atoms with Crippen LogP contribution in [0.2, 0.25) is 0 Å². The molecule has 1 aromatic carbocycles. The first-order valence-corrected chi connectivity index (χ1v) is 10.1. The third-order valence-corrected chi connectivity index (χ3v) is 6.17. The number of carbonyl (C=O) groups is 1. The number of benzene rings is 1. The second-order valence-corrected chi connectivity index (χ2v) is 8.58. The van der Waals surface area contributed by atoms with Crippen LogP contribution < -0.4 is 5.56 Å². The molecule has 3 rings (SSSR count). The Balaban J connectivity index is 1.90. The van der Waals surface area contributed by atoms with Crippen molar-refractivity contribution < 1.29 is 9.53 Å². The molecule has 0 bridgehead atoms. The van der Waals surface area contributed by atoms with Crippen LogP contribution in [0.15, 0.2) is 50.1 Å². The maximum Gasteiger partial charge on any atom is 0.262 e. The fourth-order valence-electron chi connectivity index (χ4n) is 2.30. The highest BCUT2D eigenvalue weighted by atomic mass is 79.9. The molecule has 0 spiro atoms. The Morgan fingerprint density at radius 3 is 2.84 bits per heavy atom. The van der Waals surface area contributed by atoms with Gasteiger partial charge in [-0.1, -0.05) is 23.9 Å². The van der Waals surface area contributed by atoms with Gasteiger partial charge in [-0.3, -0.25) is 14.2 Å². The van der Waals surface area contributed by atoms with E-state index in [4.69, 9.17) is 4.74 Å². The molecule has 2 aromatic heterocycles. The zero-order chi connectivity index (χ0) is 17.8. The first kappa shape index (κ1) is 18.3. The van der Waals surface area contributed by atoms with E-state index < -0.39 is 0 Å². The Labute approximate surface area is 161 Å². The van der Waals surface area contributed by atoms with Gasteiger partial charge in [-0.25, -0.2) is 4.98 Å². The van der Waals surface area contributed by atoms with Crippen LogP contribution >= 0.6 is 39.0 Å². The van der Waals surface area contributed by atoms with Gasteiger partial charge in [0.15, 0.2) is 10.9 Å². The van der Waals surface area contributed by atoms with Gasteiger partial charge in [-0.15, -0.1) is 11.3 Å². The predicted molar refractivity (Wildman–Crippen MR) is 105 cm³/mol. The first-order valence-electron chi connectivity index (χ1n) is 7.50. The summed E-state index contributed by atoms with van der Waals surface area (Å²) in [6.45, 7) is 0.799. The van der Waals surface area contributed by atoms with Crippen molar-refractivity contribution in [1.82, 2.24) is 9.55 Å². The number of hydrogen-bond donors (Lipinski definition) is 0. The second-order valence-electron chi connectivity index (χ2n) is 5.18. The van der Waals surface area contributed by atoms with Crippen LogP contribution in [-0.4, -0.2) is 34.8 Å². The topological polar surface area (TPSA) is 61.2 Å². The number of nitrogens with zero attached hydrogens (tertiary/aromatic N) is 2. The Hall–Kier alpha value is -1.48. The summed E-state index contributed by atoms with van der Waals surface area (Å²) < 4.78 is 7.59. The van der Waals surface area contributed by atoms with Gasteiger partial charge < -0.3 is 4.74 Å². The molecule has 5 nitrogen and oxygen atoms in total. The van der Waals surface area contributed by atoms with Crippen molar-refractivity contribution in [2.45, 2.75) is 11.7 Å². The fourth-order valence-corrected chi connectivity index (χ4v) is 4.63. The van der Waals surface area contributed by atoms with E-state index in [0.717, 1.165) is 3.79 Å². The smallest absolute Gasteiger partial charge is 0.262 e. The van der Waals surface area contributed by atoms with E-state index in [9.17, 15) is 9.59 Å². The number of rotatable bonds is 7. The van der Waals surface area contributed by atoms with Gasteiger partial charge in [0.25, 0.3) is 5.56 Å². The van der Waals surface area contributed by atoms with Crippen LogP contribution in [0.5, 0.6) is 0 Å². The number of halogens is 1. The molecule has 0 saturated heterocycles. The molecule has 0 aliphatic rings. The van der Waals surface area contributed by atoms with Crippen molar-refractivity contribution >= 4 is 55.7 Å². The summed E-state index contributed by atoms with van der Waals surface area (Å²) in [5.74, 6) is 0.242. The lowest BCUT2D eigenvalue weighted by molar-refractivity contribution is 0.102. The molecule has 130 valence electrons. The van der Waals surface area contributed by atoms with Crippen LogP contribution in [0.3, 0.4) is 0 Å². The molecule has 25 heavy (non-hydrogen) atoms. The van der Waals surface area contributed by atoms with E-state index in [0.29, 0.717) is 34.1 Å². The van der Waals surface area contributed by atoms with Crippen LogP contribution in [-0.2, 0) is 11.3 Å². The van der Waals surface area contributed by atoms with E-state index >= 15 is 0 Å². The van der Waals surface area contributed by atoms with E-state index in [1.807, 2.05) is 18.2 Å². The van der Waals surface area contributed by atoms with Crippen LogP contribution in [0.1, 0.15) is 9.67 Å². The number of para-hydroxylation sites is 1. The molecule has 3 aromatic rings. The Morgan fingerprint density at radius 2 is 2.12 bits per heavy atom. The van der Waals surface area contributed by atoms with Crippen LogP contribution in [0.25, 0.3) is 10.9 Å². The summed E-state index contributed by atoms with van der Waals surface area (Å²) >= 11 is 6.04. The number of fused-ring (bicyclic) bond motifs is 1. The molecule has 2 heterocycles. The fraction of sp³-hybridized carbons (Fsp3) is 0.235. The lowest BCUT2D eigenvalue weighted by atomic mass is 10.2. The molecular formula is C17H15BrN2O3S2. The number of ether oxygens (including phenoxy) is 1. The van der Waals surface area contributed by atoms with Gasteiger partial charge in [0.1, 0.15) is 0 Å². The molecule has 0 atom stereocenters. The van der Waals surface area contributed by atoms with Crippen molar-refractivity contribution in [3.8, 4) is 0 Å². The quantitative estimate of drug-likeness (QED) is 0.318. The Kier molecular flexibility index (Phi) is 6.06. The average Bonchev–Trinajstić information content (AvgIpc) is 3.05. The highest BCUT2D eigenvalue weighted by molar-refractivity contribution is 9.11. The molecule has 0 N–H and O–H groups in total. The number of thioether (sulfide) groups is 1. The molecule has 0 aliphatic carbocycles. The minimum Gasteiger partial charge on any atom is -0.383 e. The summed E-state index contributed by atoms with van der Waals surface area (Å²) in [5.41, 5.74) is 0.520. The van der Waals surface area contributed by atoms with Crippen molar-refractivity contribution in [2.75, 3.05) is 19.5 Å². The number of ketones is 1. The standard InChI is InChI=1S/C17H15BrN2O3S2/c1-23-9-8-20-16(22)11-4-2-3-5-12(11)19-17(20)24-10-13(21)14-6-7-15(18)25-14/h2-7H,8-10H2,1H3. The molecule has 0 saturated carbocycles. The third kappa shape index (κ3) is 4.20.